The fourth-order valence-electron chi connectivity index (χ4n) is 16.7. The third-order valence-corrected chi connectivity index (χ3v) is 20.2. The van der Waals surface area contributed by atoms with Crippen LogP contribution in [0.25, 0.3) is 0 Å². The van der Waals surface area contributed by atoms with E-state index in [2.05, 4.69) is 17.4 Å². The Morgan fingerprint density at radius 2 is 0.449 bits per heavy atom. The Morgan fingerprint density at radius 1 is 0.265 bits per heavy atom. The van der Waals surface area contributed by atoms with Crippen molar-refractivity contribution in [2.24, 2.45) is 5.73 Å². The van der Waals surface area contributed by atoms with E-state index in [1.54, 1.807) is 0 Å². The van der Waals surface area contributed by atoms with Crippen molar-refractivity contribution in [3.05, 3.63) is 29.3 Å². The first-order valence-electron chi connectivity index (χ1n) is 32.6. The van der Waals surface area contributed by atoms with Gasteiger partial charge in [-0.05, 0) is 23.3 Å². The van der Waals surface area contributed by atoms with E-state index in [9.17, 15) is 0 Å². The van der Waals surface area contributed by atoms with Gasteiger partial charge in [-0.15, -0.1) is 0 Å². The number of benzene rings is 1. The second kappa shape index (κ2) is 47.7. The summed E-state index contributed by atoms with van der Waals surface area (Å²) in [7, 11) is 299. The lowest BCUT2D eigenvalue weighted by atomic mass is 8.19. The summed E-state index contributed by atoms with van der Waals surface area (Å²) in [5.74, 6) is 0.924. The second-order valence-corrected chi connectivity index (χ2v) is 27.0. The Kier molecular flexibility index (Phi) is 48.9. The Labute approximate surface area is 672 Å². The molecule has 3 N–H and O–H groups in total. The molecule has 0 atom stereocenters. The maximum atomic E-state index is 7.09. The summed E-state index contributed by atoms with van der Waals surface area (Å²) in [6.45, 7) is 3.09. The van der Waals surface area contributed by atoms with Crippen molar-refractivity contribution in [2.75, 3.05) is 13.2 Å². The Balaban J connectivity index is 0.00000325. The van der Waals surface area contributed by atoms with Crippen molar-refractivity contribution >= 4 is 602 Å². The molecule has 325 valence electrons. The molecule has 0 aromatic heterocycles. The Morgan fingerprint density at radius 3 is 0.633 bits per heavy atom. The zero-order valence-corrected chi connectivity index (χ0v) is 56.6. The minimum absolute atomic E-state index is 0.565. The number of rotatable bonds is 44. The summed E-state index contributed by atoms with van der Waals surface area (Å²) in [5.41, 5.74) is 8.07. The van der Waals surface area contributed by atoms with Gasteiger partial charge in [0.25, 0.3) is 0 Å². The maximum absolute atomic E-state index is 7.09. The molecule has 3 nitrogen and oxygen atoms in total. The van der Waals surface area contributed by atoms with Crippen LogP contribution in [0.5, 0.6) is 5.75 Å². The van der Waals surface area contributed by atoms with E-state index in [-0.39, 0.29) is 0 Å². The summed E-state index contributed by atoms with van der Waals surface area (Å²) >= 11 is 0. The van der Waals surface area contributed by atoms with Gasteiger partial charge in [0.2, 0.25) is 0 Å². The van der Waals surface area contributed by atoms with Crippen LogP contribution in [-0.4, -0.2) is 615 Å². The van der Waals surface area contributed by atoms with Crippen LogP contribution in [0.4, 0.5) is 0 Å². The molecule has 98 heavy (non-hydrogen) atoms. The lowest BCUT2D eigenvalue weighted by Gasteiger charge is -2.62. The number of nitrogens with two attached hydrogens (primary N) is 1. The average molecular weight is 1100 g/mol. The van der Waals surface area contributed by atoms with Gasteiger partial charge in [-0.3, -0.25) is 0 Å². The van der Waals surface area contributed by atoms with Crippen molar-refractivity contribution in [1.82, 2.24) is 5.32 Å². The Hall–Kier alpha value is 4.46. The first-order chi connectivity index (χ1) is 45.1. The minimum Gasteiger partial charge on any atom is -0.492 e. The van der Waals surface area contributed by atoms with Crippen LogP contribution in [0.15, 0.2) is 18.2 Å². The molecule has 0 unspecified atom stereocenters. The summed E-state index contributed by atoms with van der Waals surface area (Å²) in [4.78, 5) is 0. The van der Waals surface area contributed by atoms with E-state index in [0.29, 0.717) is 13.2 Å². The van der Waals surface area contributed by atoms with E-state index >= 15 is 0 Å². The Bertz CT molecular complexity index is 1920. The molecule has 0 saturated heterocycles. The standard InChI is InChI=1S/C10H14N2O.B85/c11-3-4-13-10-2-1-8-6-12-7-9(8)5-10;1-44-66(45(2)3)77(67(46(4)5)47(6)7)82(76(64(40)41)65(42)43)85(83(78(68(48(8)9)49(10)11)69(50(12)13)51(14)15)79(70(52(16)17)53(18)19)71(54(20)21)55(22)23)84(80(72(56(24)25)57(26)27)73(58(28)29)59(30)31)81(74(60(32)33)61(34)35)75(62(36)37)63(38)39/h1-2,5,12H,3-4,6-7,11H2;. The fourth-order valence-corrected chi connectivity index (χ4v) is 16.7. The van der Waals surface area contributed by atoms with Gasteiger partial charge in [-0.1, -0.05) is 6.07 Å². The molecule has 0 bridgehead atoms. The lowest BCUT2D eigenvalue weighted by molar-refractivity contribution is 0.328. The SMILES string of the molecule is NCCOc1ccc2c(c1)CNC2.[B][B]B(B([B])[B])B(B(B([B])[B])B([B])[B])B(B(B([B])[B])B([B])[B])B(B(B(B(B([B])[B])B([B])[B])B(B([B])[B])B([B])[B])B(B(B([B])[B])B([B])[B])B(B([B])[B])B([B])[B])B(B(B(B([B])[B])B([B])[B])B(B([B])[B])B([B])[B])B(B(B([B])[B])B([B])[B])B(B([B])[B])B([B])[B]. The monoisotopic (exact) mass is 1110 g/mol. The van der Waals surface area contributed by atoms with E-state index < -0.39 is 262 Å². The number of hydrogen-bond acceptors (Lipinski definition) is 3. The molecule has 0 saturated carbocycles. The van der Waals surface area contributed by atoms with Gasteiger partial charge < -0.3 is 15.8 Å². The topological polar surface area (TPSA) is 47.3 Å². The predicted octanol–water partition coefficient (Wildman–Crippen LogP) is -31.7. The van der Waals surface area contributed by atoms with Crippen LogP contribution in [-0.2, 0) is 13.1 Å². The quantitative estimate of drug-likeness (QED) is 0.0640. The molecule has 1 aromatic rings. The zero-order valence-electron chi connectivity index (χ0n) is 56.6. The van der Waals surface area contributed by atoms with Gasteiger partial charge in [-0.25, -0.2) is 0 Å². The van der Waals surface area contributed by atoms with Crippen molar-refractivity contribution in [2.45, 2.75) is 13.1 Å². The number of ether oxygens (including phenoxy) is 1. The van der Waals surface area contributed by atoms with Gasteiger partial charge in [-0.2, -0.15) is 0 Å². The number of nitrogens with one attached hydrogen (secondary N) is 1. The van der Waals surface area contributed by atoms with E-state index in [4.69, 9.17) is 343 Å². The van der Waals surface area contributed by atoms with Crippen LogP contribution >= 0.6 is 0 Å². The third kappa shape index (κ3) is 27.7. The summed E-state index contributed by atoms with van der Waals surface area (Å²) in [6.07, 6.45) is -70.5. The molecular formula is C10H14B85N2O. The highest BCUT2D eigenvalue weighted by Crippen LogP contribution is 2.29. The predicted molar refractivity (Wildman–Crippen MR) is 541 cm³/mol. The van der Waals surface area contributed by atoms with Crippen LogP contribution in [0, 0.1) is 0 Å². The van der Waals surface area contributed by atoms with Crippen LogP contribution in [0.1, 0.15) is 11.1 Å². The van der Waals surface area contributed by atoms with E-state index in [1.165, 1.54) is 11.1 Å². The molecule has 88 heteroatoms. The van der Waals surface area contributed by atoms with Crippen molar-refractivity contribution in [3.63, 3.8) is 0 Å². The number of fused-ring (bicyclic) bond motifs is 1. The highest BCUT2D eigenvalue weighted by molar-refractivity contribution is 8.42. The maximum Gasteiger partial charge on any atom is 0.119 e. The van der Waals surface area contributed by atoms with E-state index in [1.807, 2.05) is 6.07 Å². The summed E-state index contributed by atoms with van der Waals surface area (Å²) in [6, 6.07) is 6.20. The molecule has 1 aliphatic rings. The van der Waals surface area contributed by atoms with Crippen molar-refractivity contribution < 1.29 is 4.74 Å². The van der Waals surface area contributed by atoms with Gasteiger partial charge in [0, 0.05) is 621 Å². The highest BCUT2D eigenvalue weighted by atomic mass is 16.5. The molecule has 0 amide bonds. The lowest BCUT2D eigenvalue weighted by Crippen LogP contribution is -3.00. The van der Waals surface area contributed by atoms with Crippen molar-refractivity contribution in [3.8, 4) is 5.75 Å². The average Bonchev–Trinajstić information content (AvgIpc) is 0.768. The number of hydrogen-bond donors (Lipinski definition) is 2. The largest absolute Gasteiger partial charge is 0.492 e. The molecule has 0 fully saturated rings. The summed E-state index contributed by atoms with van der Waals surface area (Å²) in [5, 5.41) is 3.29. The molecular weight excluding hydrogens is 1080 g/mol. The fraction of sp³-hybridized carbons (Fsp3) is 0.400. The molecule has 0 aliphatic carbocycles. The molecule has 1 aromatic carbocycles. The first kappa shape index (κ1) is 100. The van der Waals surface area contributed by atoms with Gasteiger partial charge in [0.1, 0.15) is 12.4 Å². The molecule has 1 aliphatic heterocycles. The zero-order chi connectivity index (χ0) is 76.5. The third-order valence-electron chi connectivity index (χ3n) is 20.2. The highest BCUT2D eigenvalue weighted by Gasteiger charge is 2.67. The van der Waals surface area contributed by atoms with Gasteiger partial charge >= 0.3 is 0 Å². The van der Waals surface area contributed by atoms with Crippen LogP contribution in [0.2, 0.25) is 0 Å². The van der Waals surface area contributed by atoms with Crippen LogP contribution in [0.3, 0.4) is 0 Å². The smallest absolute Gasteiger partial charge is 0.119 e. The van der Waals surface area contributed by atoms with Gasteiger partial charge in [0.05, 0.1) is 0 Å². The first-order valence-corrected chi connectivity index (χ1v) is 32.6. The van der Waals surface area contributed by atoms with Crippen LogP contribution < -0.4 is 15.8 Å². The normalized spacial score (nSPS) is 10.4. The molecule has 87 radical (unpaired) electrons. The van der Waals surface area contributed by atoms with Gasteiger partial charge in [0.15, 0.2) is 0 Å². The van der Waals surface area contributed by atoms with E-state index in [0.717, 1.165) is 25.9 Å². The molecule has 0 spiro atoms. The molecule has 2 rings (SSSR count). The van der Waals surface area contributed by atoms with Crippen molar-refractivity contribution in [1.29, 1.82) is 0 Å². The summed E-state index contributed by atoms with van der Waals surface area (Å²) < 4.78 is 5.43. The molecule has 1 heterocycles. The minimum atomic E-state index is -2.01. The second-order valence-electron chi connectivity index (χ2n) is 27.0.